The highest BCUT2D eigenvalue weighted by Crippen LogP contribution is 2.21. The van der Waals surface area contributed by atoms with E-state index in [2.05, 4.69) is 15.4 Å². The monoisotopic (exact) mass is 416 g/mol. The van der Waals surface area contributed by atoms with Gasteiger partial charge in [-0.3, -0.25) is 4.79 Å². The van der Waals surface area contributed by atoms with Gasteiger partial charge in [0.25, 0.3) is 5.91 Å². The third-order valence-electron chi connectivity index (χ3n) is 4.85. The Balaban J connectivity index is 1.70. The summed E-state index contributed by atoms with van der Waals surface area (Å²) in [6.45, 7) is 4.42. The average molecular weight is 417 g/mol. The second-order valence-electron chi connectivity index (χ2n) is 7.14. The fourth-order valence-corrected chi connectivity index (χ4v) is 3.23. The Morgan fingerprint density at radius 1 is 0.967 bits per heavy atom. The first-order valence-electron chi connectivity index (χ1n) is 9.64. The van der Waals surface area contributed by atoms with Gasteiger partial charge in [0.05, 0.1) is 0 Å². The highest BCUT2D eigenvalue weighted by molar-refractivity contribution is 6.30. The zero-order valence-corrected chi connectivity index (χ0v) is 17.5. The molecule has 0 aliphatic heterocycles. The molecule has 0 fully saturated rings. The quantitative estimate of drug-likeness (QED) is 0.465. The molecule has 0 spiro atoms. The Labute approximate surface area is 180 Å². The number of hydrogen-bond acceptors (Lipinski definition) is 4. The Hall–Kier alpha value is -3.44. The summed E-state index contributed by atoms with van der Waals surface area (Å²) in [6.07, 6.45) is 0. The summed E-state index contributed by atoms with van der Waals surface area (Å²) in [7, 11) is 0. The van der Waals surface area contributed by atoms with E-state index in [-0.39, 0.29) is 5.91 Å². The molecule has 0 aliphatic carbocycles. The van der Waals surface area contributed by atoms with E-state index in [0.29, 0.717) is 28.9 Å². The minimum atomic E-state index is -0.224. The van der Waals surface area contributed by atoms with Crippen LogP contribution in [0.1, 0.15) is 27.0 Å². The van der Waals surface area contributed by atoms with Crippen molar-refractivity contribution in [2.24, 2.45) is 0 Å². The van der Waals surface area contributed by atoms with Crippen LogP contribution in [0.2, 0.25) is 5.02 Å². The summed E-state index contributed by atoms with van der Waals surface area (Å²) in [6, 6.07) is 22.9. The van der Waals surface area contributed by atoms with Crippen LogP contribution in [0.5, 0.6) is 0 Å². The molecule has 30 heavy (non-hydrogen) atoms. The summed E-state index contributed by atoms with van der Waals surface area (Å²) < 4.78 is 1.34. The first-order chi connectivity index (χ1) is 14.5. The Kier molecular flexibility index (Phi) is 5.63. The van der Waals surface area contributed by atoms with Crippen molar-refractivity contribution in [1.29, 1.82) is 0 Å². The number of carbonyl (C=O) groups excluding carboxylic acids is 1. The molecule has 0 bridgehead atoms. The van der Waals surface area contributed by atoms with Crippen LogP contribution < -0.4 is 5.32 Å². The largest absolute Gasteiger partial charge is 0.350 e. The van der Waals surface area contributed by atoms with Gasteiger partial charge in [0.1, 0.15) is 0 Å². The summed E-state index contributed by atoms with van der Waals surface area (Å²) in [5.74, 6) is 0.668. The van der Waals surface area contributed by atoms with Crippen molar-refractivity contribution in [3.05, 3.63) is 100 Å². The van der Waals surface area contributed by atoms with E-state index in [1.54, 1.807) is 6.07 Å². The van der Waals surface area contributed by atoms with Gasteiger partial charge in [-0.05, 0) is 43.2 Å². The van der Waals surface area contributed by atoms with Crippen molar-refractivity contribution in [2.75, 3.05) is 5.32 Å². The molecule has 0 unspecified atom stereocenters. The second kappa shape index (κ2) is 8.51. The van der Waals surface area contributed by atoms with Gasteiger partial charge < -0.3 is 5.32 Å². The van der Waals surface area contributed by atoms with E-state index >= 15 is 0 Å². The van der Waals surface area contributed by atoms with Gasteiger partial charge in [0.2, 0.25) is 5.95 Å². The summed E-state index contributed by atoms with van der Waals surface area (Å²) in [5, 5.41) is 8.45. The van der Waals surface area contributed by atoms with E-state index in [0.717, 1.165) is 22.3 Å². The number of anilines is 1. The maximum absolute atomic E-state index is 13.2. The van der Waals surface area contributed by atoms with Gasteiger partial charge in [-0.2, -0.15) is 9.67 Å². The molecule has 1 aromatic heterocycles. The molecule has 0 saturated carbocycles. The maximum atomic E-state index is 13.2. The maximum Gasteiger partial charge on any atom is 0.281 e. The first-order valence-corrected chi connectivity index (χ1v) is 10.0. The van der Waals surface area contributed by atoms with Crippen molar-refractivity contribution < 1.29 is 4.79 Å². The van der Waals surface area contributed by atoms with Crippen molar-refractivity contribution in [2.45, 2.75) is 20.4 Å². The summed E-state index contributed by atoms with van der Waals surface area (Å²) in [4.78, 5) is 17.9. The number of aryl methyl sites for hydroxylation is 2. The summed E-state index contributed by atoms with van der Waals surface area (Å²) in [5.41, 5.74) is 4.50. The molecule has 5 nitrogen and oxygen atoms in total. The van der Waals surface area contributed by atoms with Gasteiger partial charge in [0.15, 0.2) is 5.82 Å². The van der Waals surface area contributed by atoms with E-state index in [4.69, 9.17) is 11.6 Å². The minimum Gasteiger partial charge on any atom is -0.350 e. The molecule has 4 aromatic rings. The Bertz CT molecular complexity index is 1180. The molecule has 4 rings (SSSR count). The molecule has 0 amide bonds. The van der Waals surface area contributed by atoms with Crippen LogP contribution in [0.15, 0.2) is 72.8 Å². The van der Waals surface area contributed by atoms with Crippen LogP contribution in [0, 0.1) is 13.8 Å². The van der Waals surface area contributed by atoms with Gasteiger partial charge in [-0.15, -0.1) is 5.10 Å². The number of halogens is 1. The predicted octanol–water partition coefficient (Wildman–Crippen LogP) is 5.52. The predicted molar refractivity (Wildman–Crippen MR) is 120 cm³/mol. The fraction of sp³-hybridized carbons (Fsp3) is 0.125. The molecule has 1 heterocycles. The van der Waals surface area contributed by atoms with Crippen LogP contribution in [0.4, 0.5) is 5.95 Å². The Morgan fingerprint density at radius 2 is 1.67 bits per heavy atom. The number of benzene rings is 3. The first kappa shape index (κ1) is 19.9. The minimum absolute atomic E-state index is 0.224. The van der Waals surface area contributed by atoms with Crippen molar-refractivity contribution in [3.8, 4) is 11.4 Å². The fourth-order valence-electron chi connectivity index (χ4n) is 3.10. The third-order valence-corrected chi connectivity index (χ3v) is 5.10. The molecular formula is C24H21ClN4O. The van der Waals surface area contributed by atoms with Gasteiger partial charge in [0, 0.05) is 22.7 Å². The van der Waals surface area contributed by atoms with Crippen LogP contribution in [0.25, 0.3) is 11.4 Å². The molecule has 0 atom stereocenters. The van der Waals surface area contributed by atoms with Crippen LogP contribution >= 0.6 is 11.6 Å². The van der Waals surface area contributed by atoms with Crippen molar-refractivity contribution >= 4 is 23.5 Å². The van der Waals surface area contributed by atoms with Crippen molar-refractivity contribution in [1.82, 2.24) is 14.8 Å². The zero-order chi connectivity index (χ0) is 21.1. The highest BCUT2D eigenvalue weighted by Gasteiger charge is 2.20. The molecule has 150 valence electrons. The lowest BCUT2D eigenvalue weighted by molar-refractivity contribution is 0.0947. The molecular weight excluding hydrogens is 396 g/mol. The van der Waals surface area contributed by atoms with Crippen LogP contribution in [0.3, 0.4) is 0 Å². The average Bonchev–Trinajstić information content (AvgIpc) is 3.18. The smallest absolute Gasteiger partial charge is 0.281 e. The van der Waals surface area contributed by atoms with E-state index in [9.17, 15) is 4.79 Å². The third kappa shape index (κ3) is 4.26. The lowest BCUT2D eigenvalue weighted by Gasteiger charge is -2.09. The number of rotatable bonds is 5. The number of nitrogens with zero attached hydrogens (tertiary/aromatic N) is 3. The summed E-state index contributed by atoms with van der Waals surface area (Å²) >= 11 is 5.97. The van der Waals surface area contributed by atoms with Crippen molar-refractivity contribution in [3.63, 3.8) is 0 Å². The number of carbonyl (C=O) groups is 1. The molecule has 6 heteroatoms. The zero-order valence-electron chi connectivity index (χ0n) is 16.8. The van der Waals surface area contributed by atoms with Gasteiger partial charge in [-0.1, -0.05) is 71.8 Å². The number of hydrogen-bond donors (Lipinski definition) is 1. The standard InChI is InChI=1S/C24H21ClN4O/c1-16-7-11-19(12-8-16)22-27-24(26-15-18-9-13-20(25)14-10-18)29(28-22)23(30)21-6-4-3-5-17(21)2/h3-14H,15H2,1-2H3,(H,26,27,28). The Morgan fingerprint density at radius 3 is 2.37 bits per heavy atom. The second-order valence-corrected chi connectivity index (χ2v) is 7.57. The van der Waals surface area contributed by atoms with E-state index in [1.165, 1.54) is 4.68 Å². The molecule has 1 N–H and O–H groups in total. The molecule has 0 saturated heterocycles. The SMILES string of the molecule is Cc1ccc(-c2nc(NCc3ccc(Cl)cc3)n(C(=O)c3ccccc3C)n2)cc1. The highest BCUT2D eigenvalue weighted by atomic mass is 35.5. The normalized spacial score (nSPS) is 10.8. The van der Waals surface area contributed by atoms with Crippen LogP contribution in [-0.4, -0.2) is 20.7 Å². The van der Waals surface area contributed by atoms with Crippen LogP contribution in [-0.2, 0) is 6.54 Å². The molecule has 0 aliphatic rings. The van der Waals surface area contributed by atoms with Gasteiger partial charge >= 0.3 is 0 Å². The number of aromatic nitrogens is 3. The number of nitrogens with one attached hydrogen (secondary N) is 1. The van der Waals surface area contributed by atoms with E-state index in [1.807, 2.05) is 80.6 Å². The molecule has 0 radical (unpaired) electrons. The van der Waals surface area contributed by atoms with Gasteiger partial charge in [-0.25, -0.2) is 0 Å². The molecule has 3 aromatic carbocycles. The van der Waals surface area contributed by atoms with E-state index < -0.39 is 0 Å². The topological polar surface area (TPSA) is 59.8 Å². The lowest BCUT2D eigenvalue weighted by atomic mass is 10.1. The lowest BCUT2D eigenvalue weighted by Crippen LogP contribution is -2.18.